The quantitative estimate of drug-likeness (QED) is 0.919. The highest BCUT2D eigenvalue weighted by molar-refractivity contribution is 5.96. The van der Waals surface area contributed by atoms with Crippen LogP contribution in [-0.2, 0) is 0 Å². The van der Waals surface area contributed by atoms with Crippen LogP contribution in [0.1, 0.15) is 30.3 Å². The van der Waals surface area contributed by atoms with Crippen molar-refractivity contribution in [2.75, 3.05) is 26.2 Å². The summed E-state index contributed by atoms with van der Waals surface area (Å²) in [4.78, 5) is 14.6. The average molecular weight is 286 g/mol. The molecule has 21 heavy (non-hydrogen) atoms. The van der Waals surface area contributed by atoms with Crippen LogP contribution in [0.5, 0.6) is 0 Å². The number of furan rings is 1. The number of likely N-dealkylation sites (tertiary alicyclic amines) is 1. The highest BCUT2D eigenvalue weighted by atomic mass is 16.3. The van der Waals surface area contributed by atoms with Crippen LogP contribution in [0.3, 0.4) is 0 Å². The Kier molecular flexibility index (Phi) is 4.25. The lowest BCUT2D eigenvalue weighted by Gasteiger charge is -2.20. The molecule has 1 N–H and O–H groups in total. The molecule has 1 saturated heterocycles. The van der Waals surface area contributed by atoms with Gasteiger partial charge in [-0.1, -0.05) is 25.1 Å². The van der Waals surface area contributed by atoms with Crippen molar-refractivity contribution in [1.82, 2.24) is 10.2 Å². The molecule has 1 fully saturated rings. The number of carbonyl (C=O) groups excluding carboxylic acids is 1. The lowest BCUT2D eigenvalue weighted by molar-refractivity contribution is 0.0919. The molecule has 4 nitrogen and oxygen atoms in total. The molecule has 2 heterocycles. The normalized spacial score (nSPS) is 17.2. The Morgan fingerprint density at radius 3 is 2.86 bits per heavy atom. The van der Waals surface area contributed by atoms with Gasteiger partial charge in [-0.3, -0.25) is 4.79 Å². The van der Waals surface area contributed by atoms with Gasteiger partial charge in [-0.25, -0.2) is 0 Å². The summed E-state index contributed by atoms with van der Waals surface area (Å²) in [5.74, 6) is 0.723. The molecule has 0 unspecified atom stereocenters. The van der Waals surface area contributed by atoms with Crippen molar-refractivity contribution < 1.29 is 9.21 Å². The van der Waals surface area contributed by atoms with Crippen molar-refractivity contribution in [2.24, 2.45) is 5.92 Å². The SMILES string of the molecule is C[C@H](CNC(=O)c1cc2ccccc2o1)CN1CCCC1. The number of rotatable bonds is 5. The highest BCUT2D eigenvalue weighted by Crippen LogP contribution is 2.18. The summed E-state index contributed by atoms with van der Waals surface area (Å²) in [5, 5.41) is 3.94. The van der Waals surface area contributed by atoms with Gasteiger partial charge in [0.1, 0.15) is 5.58 Å². The van der Waals surface area contributed by atoms with Crippen LogP contribution in [0.25, 0.3) is 11.0 Å². The Labute approximate surface area is 125 Å². The van der Waals surface area contributed by atoms with Gasteiger partial charge in [0, 0.05) is 18.5 Å². The summed E-state index contributed by atoms with van der Waals surface area (Å²) in [6.07, 6.45) is 2.61. The van der Waals surface area contributed by atoms with Crippen LogP contribution in [0.4, 0.5) is 0 Å². The number of nitrogens with one attached hydrogen (secondary N) is 1. The second kappa shape index (κ2) is 6.31. The van der Waals surface area contributed by atoms with E-state index in [2.05, 4.69) is 17.1 Å². The van der Waals surface area contributed by atoms with Gasteiger partial charge in [0.25, 0.3) is 5.91 Å². The van der Waals surface area contributed by atoms with Crippen molar-refractivity contribution in [3.8, 4) is 0 Å². The maximum atomic E-state index is 12.1. The van der Waals surface area contributed by atoms with Crippen molar-refractivity contribution in [3.05, 3.63) is 36.1 Å². The first kappa shape index (κ1) is 14.1. The molecular weight excluding hydrogens is 264 g/mol. The minimum atomic E-state index is -0.125. The molecule has 1 amide bonds. The summed E-state index contributed by atoms with van der Waals surface area (Å²) in [7, 11) is 0. The Morgan fingerprint density at radius 2 is 2.10 bits per heavy atom. The van der Waals surface area contributed by atoms with E-state index in [0.29, 0.717) is 18.2 Å². The third-order valence-corrected chi connectivity index (χ3v) is 4.03. The third kappa shape index (κ3) is 3.45. The molecule has 1 aliphatic rings. The van der Waals surface area contributed by atoms with E-state index in [1.54, 1.807) is 6.07 Å². The first-order valence-electron chi connectivity index (χ1n) is 7.71. The molecule has 112 valence electrons. The predicted octanol–water partition coefficient (Wildman–Crippen LogP) is 2.89. The third-order valence-electron chi connectivity index (χ3n) is 4.03. The van der Waals surface area contributed by atoms with Gasteiger partial charge in [-0.15, -0.1) is 0 Å². The fourth-order valence-corrected chi connectivity index (χ4v) is 2.92. The van der Waals surface area contributed by atoms with E-state index in [4.69, 9.17) is 4.42 Å². The van der Waals surface area contributed by atoms with Crippen LogP contribution >= 0.6 is 0 Å². The van der Waals surface area contributed by atoms with E-state index in [1.807, 2.05) is 24.3 Å². The Bertz CT molecular complexity index is 581. The number of nitrogens with zero attached hydrogens (tertiary/aromatic N) is 1. The van der Waals surface area contributed by atoms with Gasteiger partial charge in [0.15, 0.2) is 5.76 Å². The van der Waals surface area contributed by atoms with Gasteiger partial charge in [0.2, 0.25) is 0 Å². The van der Waals surface area contributed by atoms with E-state index in [-0.39, 0.29) is 5.91 Å². The van der Waals surface area contributed by atoms with Crippen LogP contribution < -0.4 is 5.32 Å². The van der Waals surface area contributed by atoms with Crippen molar-refractivity contribution in [1.29, 1.82) is 0 Å². The lowest BCUT2D eigenvalue weighted by atomic mass is 10.1. The van der Waals surface area contributed by atoms with Crippen molar-refractivity contribution >= 4 is 16.9 Å². The predicted molar refractivity (Wildman–Crippen MR) is 83.4 cm³/mol. The number of hydrogen-bond acceptors (Lipinski definition) is 3. The van der Waals surface area contributed by atoms with Gasteiger partial charge in [0.05, 0.1) is 0 Å². The molecular formula is C17H22N2O2. The second-order valence-corrected chi connectivity index (χ2v) is 5.97. The molecule has 1 aromatic carbocycles. The molecule has 3 rings (SSSR count). The summed E-state index contributed by atoms with van der Waals surface area (Å²) < 4.78 is 5.57. The Balaban J connectivity index is 1.53. The van der Waals surface area contributed by atoms with Crippen LogP contribution in [0.2, 0.25) is 0 Å². The number of para-hydroxylation sites is 1. The first-order valence-corrected chi connectivity index (χ1v) is 7.71. The number of carbonyl (C=O) groups is 1. The fraction of sp³-hybridized carbons (Fsp3) is 0.471. The van der Waals surface area contributed by atoms with Crippen molar-refractivity contribution in [2.45, 2.75) is 19.8 Å². The molecule has 2 aromatic rings. The molecule has 4 heteroatoms. The van der Waals surface area contributed by atoms with Gasteiger partial charge in [-0.2, -0.15) is 0 Å². The summed E-state index contributed by atoms with van der Waals surface area (Å²) in [6.45, 7) is 6.31. The summed E-state index contributed by atoms with van der Waals surface area (Å²) in [6, 6.07) is 9.48. The fourth-order valence-electron chi connectivity index (χ4n) is 2.92. The first-order chi connectivity index (χ1) is 10.2. The standard InChI is InChI=1S/C17H22N2O2/c1-13(12-19-8-4-5-9-19)11-18-17(20)16-10-14-6-2-3-7-15(14)21-16/h2-3,6-7,10,13H,4-5,8-9,11-12H2,1H3,(H,18,20)/t13-/m1/s1. The number of fused-ring (bicyclic) bond motifs is 1. The van der Waals surface area contributed by atoms with Crippen molar-refractivity contribution in [3.63, 3.8) is 0 Å². The number of hydrogen-bond donors (Lipinski definition) is 1. The zero-order valence-electron chi connectivity index (χ0n) is 12.5. The smallest absolute Gasteiger partial charge is 0.287 e. The van der Waals surface area contributed by atoms with Gasteiger partial charge < -0.3 is 14.6 Å². The molecule has 1 aliphatic heterocycles. The van der Waals surface area contributed by atoms with E-state index in [1.165, 1.54) is 25.9 Å². The maximum absolute atomic E-state index is 12.1. The van der Waals surface area contributed by atoms with Crippen LogP contribution in [0, 0.1) is 5.92 Å². The number of amides is 1. The summed E-state index contributed by atoms with van der Waals surface area (Å²) >= 11 is 0. The molecule has 0 saturated carbocycles. The molecule has 0 aliphatic carbocycles. The lowest BCUT2D eigenvalue weighted by Crippen LogP contribution is -2.34. The monoisotopic (exact) mass is 286 g/mol. The minimum absolute atomic E-state index is 0.125. The van der Waals surface area contributed by atoms with Gasteiger partial charge in [-0.05, 0) is 44.0 Å². The van der Waals surface area contributed by atoms with Crippen LogP contribution in [0.15, 0.2) is 34.7 Å². The average Bonchev–Trinajstić information content (AvgIpc) is 3.13. The topological polar surface area (TPSA) is 45.5 Å². The molecule has 0 spiro atoms. The van der Waals surface area contributed by atoms with E-state index in [0.717, 1.165) is 17.5 Å². The molecule has 0 radical (unpaired) electrons. The number of benzene rings is 1. The zero-order valence-corrected chi connectivity index (χ0v) is 12.5. The molecule has 0 bridgehead atoms. The van der Waals surface area contributed by atoms with Gasteiger partial charge >= 0.3 is 0 Å². The summed E-state index contributed by atoms with van der Waals surface area (Å²) in [5.41, 5.74) is 0.757. The molecule has 1 atom stereocenters. The van der Waals surface area contributed by atoms with E-state index in [9.17, 15) is 4.79 Å². The largest absolute Gasteiger partial charge is 0.451 e. The highest BCUT2D eigenvalue weighted by Gasteiger charge is 2.16. The van der Waals surface area contributed by atoms with E-state index < -0.39 is 0 Å². The minimum Gasteiger partial charge on any atom is -0.451 e. The Morgan fingerprint density at radius 1 is 1.33 bits per heavy atom. The second-order valence-electron chi connectivity index (χ2n) is 5.97. The molecule has 1 aromatic heterocycles. The maximum Gasteiger partial charge on any atom is 0.287 e. The van der Waals surface area contributed by atoms with E-state index >= 15 is 0 Å². The zero-order chi connectivity index (χ0) is 14.7. The van der Waals surface area contributed by atoms with Crippen LogP contribution in [-0.4, -0.2) is 37.0 Å². The Hall–Kier alpha value is -1.81.